The van der Waals surface area contributed by atoms with E-state index in [9.17, 15) is 4.79 Å². The first-order valence-electron chi connectivity index (χ1n) is 5.50. The van der Waals surface area contributed by atoms with Crippen molar-refractivity contribution in [2.75, 3.05) is 27.4 Å². The van der Waals surface area contributed by atoms with Gasteiger partial charge in [0.05, 0.1) is 26.4 Å². The van der Waals surface area contributed by atoms with Crippen LogP contribution in [0.15, 0.2) is 24.3 Å². The number of carbonyl (C=O) groups excluding carboxylic acids is 1. The number of carbonyl (C=O) groups is 1. The number of hydrogen-bond acceptors (Lipinski definition) is 4. The maximum Gasteiger partial charge on any atom is 0.244 e. The molecule has 1 rings (SSSR count). The van der Waals surface area contributed by atoms with E-state index in [-0.39, 0.29) is 19.1 Å². The Labute approximate surface area is 106 Å². The lowest BCUT2D eigenvalue weighted by molar-refractivity contribution is -0.116. The average molecular weight is 251 g/mol. The van der Waals surface area contributed by atoms with Gasteiger partial charge >= 0.3 is 0 Å². The van der Waals surface area contributed by atoms with E-state index in [0.29, 0.717) is 17.1 Å². The number of methoxy groups -OCH3 is 2. The van der Waals surface area contributed by atoms with E-state index in [1.165, 1.54) is 6.08 Å². The van der Waals surface area contributed by atoms with E-state index in [1.807, 2.05) is 0 Å². The second-order valence-electron chi connectivity index (χ2n) is 3.42. The zero-order valence-corrected chi connectivity index (χ0v) is 10.5. The zero-order valence-electron chi connectivity index (χ0n) is 10.5. The number of benzene rings is 1. The Morgan fingerprint density at radius 2 is 1.94 bits per heavy atom. The number of aliphatic hydroxyl groups excluding tert-OH is 1. The molecule has 0 fully saturated rings. The SMILES string of the molecule is COc1cccc(OC)c1/C=C/C(=O)NCCO. The molecule has 1 aromatic rings. The molecule has 0 aliphatic rings. The minimum Gasteiger partial charge on any atom is -0.496 e. The van der Waals surface area contributed by atoms with Crippen molar-refractivity contribution in [1.82, 2.24) is 5.32 Å². The molecular formula is C13H17NO4. The van der Waals surface area contributed by atoms with Crippen LogP contribution in [0.1, 0.15) is 5.56 Å². The molecule has 0 saturated carbocycles. The number of nitrogens with one attached hydrogen (secondary N) is 1. The maximum absolute atomic E-state index is 11.4. The van der Waals surface area contributed by atoms with Crippen LogP contribution in [-0.4, -0.2) is 38.4 Å². The molecular weight excluding hydrogens is 234 g/mol. The second-order valence-corrected chi connectivity index (χ2v) is 3.42. The summed E-state index contributed by atoms with van der Waals surface area (Å²) in [5.74, 6) is 0.970. The smallest absolute Gasteiger partial charge is 0.244 e. The molecule has 5 nitrogen and oxygen atoms in total. The number of rotatable bonds is 6. The number of aliphatic hydroxyl groups is 1. The van der Waals surface area contributed by atoms with Gasteiger partial charge in [0.25, 0.3) is 0 Å². The minimum atomic E-state index is -0.281. The van der Waals surface area contributed by atoms with Crippen molar-refractivity contribution >= 4 is 12.0 Å². The third-order valence-corrected chi connectivity index (χ3v) is 2.28. The van der Waals surface area contributed by atoms with Crippen LogP contribution in [0.3, 0.4) is 0 Å². The van der Waals surface area contributed by atoms with Crippen molar-refractivity contribution < 1.29 is 19.4 Å². The normalized spacial score (nSPS) is 10.4. The van der Waals surface area contributed by atoms with Crippen LogP contribution in [0, 0.1) is 0 Å². The molecule has 0 aliphatic carbocycles. The van der Waals surface area contributed by atoms with Crippen LogP contribution < -0.4 is 14.8 Å². The van der Waals surface area contributed by atoms with Gasteiger partial charge in [-0.3, -0.25) is 4.79 Å². The molecule has 0 aromatic heterocycles. The van der Waals surface area contributed by atoms with Crippen LogP contribution in [0.4, 0.5) is 0 Å². The molecule has 5 heteroatoms. The topological polar surface area (TPSA) is 67.8 Å². The summed E-state index contributed by atoms with van der Waals surface area (Å²) in [7, 11) is 3.11. The lowest BCUT2D eigenvalue weighted by Crippen LogP contribution is -2.24. The summed E-state index contributed by atoms with van der Waals surface area (Å²) >= 11 is 0. The molecule has 0 saturated heterocycles. The number of hydrogen-bond donors (Lipinski definition) is 2. The fourth-order valence-electron chi connectivity index (χ4n) is 1.44. The Morgan fingerprint density at radius 3 is 2.44 bits per heavy atom. The first-order chi connectivity index (χ1) is 8.72. The first kappa shape index (κ1) is 14.1. The van der Waals surface area contributed by atoms with Crippen LogP contribution in [-0.2, 0) is 4.79 Å². The molecule has 0 unspecified atom stereocenters. The van der Waals surface area contributed by atoms with Crippen molar-refractivity contribution in [3.63, 3.8) is 0 Å². The molecule has 0 radical (unpaired) electrons. The van der Waals surface area contributed by atoms with E-state index in [0.717, 1.165) is 0 Å². The standard InChI is InChI=1S/C13H17NO4/c1-17-11-4-3-5-12(18-2)10(11)6-7-13(16)14-8-9-15/h3-7,15H,8-9H2,1-2H3,(H,14,16)/b7-6+. The molecule has 0 atom stereocenters. The van der Waals surface area contributed by atoms with Crippen molar-refractivity contribution in [3.05, 3.63) is 29.8 Å². The fraction of sp³-hybridized carbons (Fsp3) is 0.308. The van der Waals surface area contributed by atoms with E-state index in [2.05, 4.69) is 5.32 Å². The Hall–Kier alpha value is -2.01. The molecule has 98 valence electrons. The predicted molar refractivity (Wildman–Crippen MR) is 68.7 cm³/mol. The maximum atomic E-state index is 11.4. The summed E-state index contributed by atoms with van der Waals surface area (Å²) in [4.78, 5) is 11.4. The van der Waals surface area contributed by atoms with Gasteiger partial charge in [-0.15, -0.1) is 0 Å². The predicted octanol–water partition coefficient (Wildman–Crippen LogP) is 0.825. The summed E-state index contributed by atoms with van der Waals surface area (Å²) in [6, 6.07) is 5.38. The molecule has 2 N–H and O–H groups in total. The Bertz CT molecular complexity index is 407. The van der Waals surface area contributed by atoms with Crippen molar-refractivity contribution in [2.45, 2.75) is 0 Å². The Balaban J connectivity index is 2.88. The van der Waals surface area contributed by atoms with Gasteiger partial charge in [0.1, 0.15) is 11.5 Å². The molecule has 18 heavy (non-hydrogen) atoms. The number of amides is 1. The highest BCUT2D eigenvalue weighted by molar-refractivity contribution is 5.92. The van der Waals surface area contributed by atoms with Gasteiger partial charge < -0.3 is 19.9 Å². The van der Waals surface area contributed by atoms with Crippen molar-refractivity contribution in [2.24, 2.45) is 0 Å². The van der Waals surface area contributed by atoms with Gasteiger partial charge in [0.2, 0.25) is 5.91 Å². The monoisotopic (exact) mass is 251 g/mol. The van der Waals surface area contributed by atoms with E-state index < -0.39 is 0 Å². The van der Waals surface area contributed by atoms with Gasteiger partial charge in [0, 0.05) is 12.6 Å². The molecule has 0 aliphatic heterocycles. The zero-order chi connectivity index (χ0) is 13.4. The van der Waals surface area contributed by atoms with Crippen molar-refractivity contribution in [3.8, 4) is 11.5 Å². The van der Waals surface area contributed by atoms with Crippen LogP contribution in [0.5, 0.6) is 11.5 Å². The van der Waals surface area contributed by atoms with Gasteiger partial charge in [-0.25, -0.2) is 0 Å². The minimum absolute atomic E-state index is 0.0858. The van der Waals surface area contributed by atoms with Gasteiger partial charge in [-0.05, 0) is 18.2 Å². The quantitative estimate of drug-likeness (QED) is 0.735. The largest absolute Gasteiger partial charge is 0.496 e. The molecule has 1 aromatic carbocycles. The first-order valence-corrected chi connectivity index (χ1v) is 5.50. The van der Waals surface area contributed by atoms with Gasteiger partial charge in [0.15, 0.2) is 0 Å². The third kappa shape index (κ3) is 3.78. The second kappa shape index (κ2) is 7.34. The van der Waals surface area contributed by atoms with Crippen LogP contribution in [0.2, 0.25) is 0 Å². The highest BCUT2D eigenvalue weighted by Crippen LogP contribution is 2.29. The van der Waals surface area contributed by atoms with E-state index >= 15 is 0 Å². The summed E-state index contributed by atoms with van der Waals surface area (Å²) in [5.41, 5.74) is 0.696. The third-order valence-electron chi connectivity index (χ3n) is 2.28. The van der Waals surface area contributed by atoms with Gasteiger partial charge in [-0.2, -0.15) is 0 Å². The summed E-state index contributed by atoms with van der Waals surface area (Å²) in [6.45, 7) is 0.143. The summed E-state index contributed by atoms with van der Waals surface area (Å²) in [6.07, 6.45) is 2.99. The van der Waals surface area contributed by atoms with Crippen molar-refractivity contribution in [1.29, 1.82) is 0 Å². The molecule has 0 heterocycles. The van der Waals surface area contributed by atoms with Gasteiger partial charge in [-0.1, -0.05) is 6.07 Å². The molecule has 0 spiro atoms. The fourth-order valence-corrected chi connectivity index (χ4v) is 1.44. The summed E-state index contributed by atoms with van der Waals surface area (Å²) in [5, 5.41) is 11.1. The lowest BCUT2D eigenvalue weighted by atomic mass is 10.1. The van der Waals surface area contributed by atoms with E-state index in [4.69, 9.17) is 14.6 Å². The Morgan fingerprint density at radius 1 is 1.33 bits per heavy atom. The number of ether oxygens (including phenoxy) is 2. The molecule has 0 bridgehead atoms. The van der Waals surface area contributed by atoms with Crippen LogP contribution in [0.25, 0.3) is 6.08 Å². The van der Waals surface area contributed by atoms with E-state index in [1.54, 1.807) is 38.5 Å². The lowest BCUT2D eigenvalue weighted by Gasteiger charge is -2.09. The highest BCUT2D eigenvalue weighted by atomic mass is 16.5. The highest BCUT2D eigenvalue weighted by Gasteiger charge is 2.06. The molecule has 1 amide bonds. The summed E-state index contributed by atoms with van der Waals surface area (Å²) < 4.78 is 10.4. The van der Waals surface area contributed by atoms with Crippen LogP contribution >= 0.6 is 0 Å². The average Bonchev–Trinajstić information content (AvgIpc) is 2.42. The Kier molecular flexibility index (Phi) is 5.73.